The second-order valence-corrected chi connectivity index (χ2v) is 8.27. The van der Waals surface area contributed by atoms with Crippen molar-refractivity contribution in [3.8, 4) is 23.0 Å². The Hall–Kier alpha value is -2.96. The second kappa shape index (κ2) is 14.3. The van der Waals surface area contributed by atoms with Gasteiger partial charge in [0.1, 0.15) is 23.0 Å². The smallest absolute Gasteiger partial charge is 0.177 e. The molecular weight excluding hydrogens is 432 g/mol. The van der Waals surface area contributed by atoms with Gasteiger partial charge in [-0.1, -0.05) is 17.2 Å². The largest absolute Gasteiger partial charge is 0.497 e. The topological polar surface area (TPSA) is 55.4 Å². The van der Waals surface area contributed by atoms with Crippen LogP contribution in [-0.2, 0) is 22.7 Å². The number of ether oxygens (including phenoxy) is 6. The lowest BCUT2D eigenvalue weighted by Gasteiger charge is -2.18. The molecule has 0 saturated heterocycles. The van der Waals surface area contributed by atoms with Gasteiger partial charge in [-0.25, -0.2) is 0 Å². The van der Waals surface area contributed by atoms with Gasteiger partial charge in [0, 0.05) is 12.1 Å². The molecule has 0 spiro atoms. The van der Waals surface area contributed by atoms with Crippen LogP contribution < -0.4 is 18.9 Å². The van der Waals surface area contributed by atoms with E-state index < -0.39 is 6.29 Å². The molecule has 0 radical (unpaired) electrons. The van der Waals surface area contributed by atoms with Gasteiger partial charge in [-0.3, -0.25) is 0 Å². The molecule has 34 heavy (non-hydrogen) atoms. The Morgan fingerprint density at radius 2 is 1.09 bits per heavy atom. The molecule has 0 atom stereocenters. The first-order valence-electron chi connectivity index (χ1n) is 11.3. The maximum absolute atomic E-state index is 6.17. The van der Waals surface area contributed by atoms with E-state index in [0.29, 0.717) is 36.2 Å². The van der Waals surface area contributed by atoms with Crippen LogP contribution in [0.15, 0.2) is 59.7 Å². The quantitative estimate of drug-likeness (QED) is 0.233. The number of hydrogen-bond donors (Lipinski definition) is 0. The van der Waals surface area contributed by atoms with Gasteiger partial charge >= 0.3 is 0 Å². The average molecular weight is 471 g/mol. The van der Waals surface area contributed by atoms with E-state index in [1.54, 1.807) is 28.4 Å². The highest BCUT2D eigenvalue weighted by Gasteiger charge is 2.11. The minimum Gasteiger partial charge on any atom is -0.497 e. The van der Waals surface area contributed by atoms with Crippen LogP contribution in [-0.4, -0.2) is 34.7 Å². The van der Waals surface area contributed by atoms with E-state index in [2.05, 4.69) is 26.8 Å². The lowest BCUT2D eigenvalue weighted by atomic mass is 10.1. The van der Waals surface area contributed by atoms with Crippen LogP contribution in [0.3, 0.4) is 0 Å². The molecule has 0 amide bonds. The van der Waals surface area contributed by atoms with Crippen molar-refractivity contribution in [3.05, 3.63) is 70.8 Å². The maximum atomic E-state index is 6.17. The Kier molecular flexibility index (Phi) is 11.5. The van der Waals surface area contributed by atoms with Crippen LogP contribution in [0, 0.1) is 0 Å². The number of allylic oxidation sites excluding steroid dienone is 3. The Bertz CT molecular complexity index is 855. The fourth-order valence-electron chi connectivity index (χ4n) is 3.30. The van der Waals surface area contributed by atoms with Gasteiger partial charge < -0.3 is 28.4 Å². The highest BCUT2D eigenvalue weighted by Crippen LogP contribution is 2.25. The summed E-state index contributed by atoms with van der Waals surface area (Å²) in [6.45, 7) is 7.01. The van der Waals surface area contributed by atoms with Gasteiger partial charge in [0.15, 0.2) is 6.29 Å². The van der Waals surface area contributed by atoms with Crippen LogP contribution in [0.2, 0.25) is 0 Å². The molecule has 0 bridgehead atoms. The fraction of sp³-hybridized carbons (Fsp3) is 0.429. The van der Waals surface area contributed by atoms with E-state index >= 15 is 0 Å². The SMILES string of the molecule is COc1cc(COC(C=C(C)CCC=C(C)C)OCc2cc(OC)cc(OC)c2)cc(OC)c1. The van der Waals surface area contributed by atoms with Crippen LogP contribution in [0.5, 0.6) is 23.0 Å². The van der Waals surface area contributed by atoms with Crippen molar-refractivity contribution in [1.29, 1.82) is 0 Å². The van der Waals surface area contributed by atoms with Crippen LogP contribution >= 0.6 is 0 Å². The van der Waals surface area contributed by atoms with E-state index in [9.17, 15) is 0 Å². The first-order valence-corrected chi connectivity index (χ1v) is 11.3. The molecule has 0 fully saturated rings. The highest BCUT2D eigenvalue weighted by atomic mass is 16.7. The third-order valence-electron chi connectivity index (χ3n) is 5.16. The molecule has 0 saturated carbocycles. The molecule has 186 valence electrons. The van der Waals surface area contributed by atoms with Crippen LogP contribution in [0.1, 0.15) is 44.7 Å². The molecule has 2 aromatic rings. The third-order valence-corrected chi connectivity index (χ3v) is 5.16. The summed E-state index contributed by atoms with van der Waals surface area (Å²) in [6, 6.07) is 11.4. The molecule has 0 aliphatic rings. The number of rotatable bonds is 14. The molecule has 0 heterocycles. The number of hydrogen-bond acceptors (Lipinski definition) is 6. The molecule has 0 unspecified atom stereocenters. The van der Waals surface area contributed by atoms with Crippen molar-refractivity contribution in [1.82, 2.24) is 0 Å². The van der Waals surface area contributed by atoms with Crippen molar-refractivity contribution in [3.63, 3.8) is 0 Å². The summed E-state index contributed by atoms with van der Waals surface area (Å²) in [6.07, 6.45) is 5.67. The van der Waals surface area contributed by atoms with Gasteiger partial charge in [0.2, 0.25) is 0 Å². The molecular formula is C28H38O6. The summed E-state index contributed by atoms with van der Waals surface area (Å²) in [5.74, 6) is 2.86. The zero-order chi connectivity index (χ0) is 24.9. The van der Waals surface area contributed by atoms with Crippen LogP contribution in [0.25, 0.3) is 0 Å². The predicted octanol–water partition coefficient (Wildman–Crippen LogP) is 6.47. The van der Waals surface area contributed by atoms with Crippen molar-refractivity contribution in [2.45, 2.75) is 53.1 Å². The second-order valence-electron chi connectivity index (χ2n) is 8.27. The Balaban J connectivity index is 2.16. The molecule has 0 aliphatic heterocycles. The van der Waals surface area contributed by atoms with Crippen molar-refractivity contribution < 1.29 is 28.4 Å². The summed E-state index contributed by atoms with van der Waals surface area (Å²) in [4.78, 5) is 0. The molecule has 0 aliphatic carbocycles. The molecule has 2 rings (SSSR count). The Labute approximate surface area is 204 Å². The lowest BCUT2D eigenvalue weighted by molar-refractivity contribution is -0.126. The standard InChI is InChI=1S/C28H38O6/c1-20(2)9-8-10-21(3)11-28(33-18-22-12-24(29-4)16-25(13-22)30-5)34-19-23-14-26(31-6)17-27(15-23)32-7/h9,11-17,28H,8,10,18-19H2,1-7H3. The van der Waals surface area contributed by atoms with E-state index in [-0.39, 0.29) is 0 Å². The molecule has 0 aromatic heterocycles. The maximum Gasteiger partial charge on any atom is 0.177 e. The van der Waals surface area contributed by atoms with Crippen molar-refractivity contribution >= 4 is 0 Å². The van der Waals surface area contributed by atoms with E-state index in [4.69, 9.17) is 28.4 Å². The zero-order valence-corrected chi connectivity index (χ0v) is 21.5. The highest BCUT2D eigenvalue weighted by molar-refractivity contribution is 5.39. The van der Waals surface area contributed by atoms with E-state index in [1.807, 2.05) is 42.5 Å². The molecule has 0 N–H and O–H groups in total. The summed E-state index contributed by atoms with van der Waals surface area (Å²) < 4.78 is 33.8. The van der Waals surface area contributed by atoms with Crippen molar-refractivity contribution in [2.75, 3.05) is 28.4 Å². The normalized spacial score (nSPS) is 11.4. The molecule has 6 heteroatoms. The van der Waals surface area contributed by atoms with E-state index in [0.717, 1.165) is 24.0 Å². The zero-order valence-electron chi connectivity index (χ0n) is 21.5. The van der Waals surface area contributed by atoms with Gasteiger partial charge in [-0.2, -0.15) is 0 Å². The first kappa shape index (κ1) is 27.3. The average Bonchev–Trinajstić information content (AvgIpc) is 2.84. The van der Waals surface area contributed by atoms with Gasteiger partial charge in [-0.05, 0) is 75.1 Å². The van der Waals surface area contributed by atoms with Crippen LogP contribution in [0.4, 0.5) is 0 Å². The summed E-state index contributed by atoms with van der Waals surface area (Å²) in [5, 5.41) is 0. The summed E-state index contributed by atoms with van der Waals surface area (Å²) in [7, 11) is 6.52. The van der Waals surface area contributed by atoms with E-state index in [1.165, 1.54) is 11.1 Å². The summed E-state index contributed by atoms with van der Waals surface area (Å²) in [5.41, 5.74) is 4.39. The van der Waals surface area contributed by atoms with Gasteiger partial charge in [0.25, 0.3) is 0 Å². The summed E-state index contributed by atoms with van der Waals surface area (Å²) >= 11 is 0. The molecule has 6 nitrogen and oxygen atoms in total. The minimum atomic E-state index is -0.527. The van der Waals surface area contributed by atoms with Gasteiger partial charge in [-0.15, -0.1) is 0 Å². The fourth-order valence-corrected chi connectivity index (χ4v) is 3.30. The number of methoxy groups -OCH3 is 4. The van der Waals surface area contributed by atoms with Gasteiger partial charge in [0.05, 0.1) is 41.7 Å². The predicted molar refractivity (Wildman–Crippen MR) is 135 cm³/mol. The Morgan fingerprint density at radius 3 is 1.44 bits per heavy atom. The third kappa shape index (κ3) is 9.49. The molecule has 2 aromatic carbocycles. The Morgan fingerprint density at radius 1 is 0.676 bits per heavy atom. The van der Waals surface area contributed by atoms with Crippen molar-refractivity contribution in [2.24, 2.45) is 0 Å². The lowest BCUT2D eigenvalue weighted by Crippen LogP contribution is -2.15. The first-order chi connectivity index (χ1) is 16.4. The number of benzene rings is 2. The minimum absolute atomic E-state index is 0.345. The monoisotopic (exact) mass is 470 g/mol.